The molecule has 3 rings (SSSR count). The van der Waals surface area contributed by atoms with Crippen LogP contribution >= 0.6 is 0 Å². The Kier molecular flexibility index (Phi) is 5.07. The van der Waals surface area contributed by atoms with Gasteiger partial charge in [0, 0.05) is 31.0 Å². The van der Waals surface area contributed by atoms with Crippen molar-refractivity contribution in [2.75, 3.05) is 26.2 Å². The summed E-state index contributed by atoms with van der Waals surface area (Å²) in [5.41, 5.74) is 1.46. The van der Waals surface area contributed by atoms with Gasteiger partial charge in [0.15, 0.2) is 0 Å². The fourth-order valence-electron chi connectivity index (χ4n) is 3.45. The Morgan fingerprint density at radius 3 is 2.46 bits per heavy atom. The number of hydrogen-bond acceptors (Lipinski definition) is 3. The molecule has 24 heavy (non-hydrogen) atoms. The lowest BCUT2D eigenvalue weighted by Gasteiger charge is -2.30. The van der Waals surface area contributed by atoms with E-state index in [2.05, 4.69) is 29.6 Å². The number of carbonyl (C=O) groups excluding carboxylic acids is 2. The average molecular weight is 330 g/mol. The molecule has 1 saturated carbocycles. The van der Waals surface area contributed by atoms with Gasteiger partial charge in [0.05, 0.1) is 6.61 Å². The molecule has 1 aliphatic heterocycles. The standard InChI is InChI=1S/C19H26N2O3/c1-2-24-18(23)21-12-8-15(9-13-21)17(22)20-14-19(10-11-19)16-6-4-3-5-7-16/h3-7,15H,2,8-14H2,1H3,(H,20,22). The quantitative estimate of drug-likeness (QED) is 0.903. The zero-order valence-electron chi connectivity index (χ0n) is 14.3. The van der Waals surface area contributed by atoms with Crippen LogP contribution in [-0.4, -0.2) is 43.1 Å². The molecule has 2 amide bonds. The first-order valence-corrected chi connectivity index (χ1v) is 8.89. The molecule has 1 aromatic rings. The topological polar surface area (TPSA) is 58.6 Å². The predicted molar refractivity (Wildman–Crippen MR) is 91.7 cm³/mol. The number of ether oxygens (including phenoxy) is 1. The molecule has 0 unspecified atom stereocenters. The van der Waals surface area contributed by atoms with Gasteiger partial charge in [0.2, 0.25) is 5.91 Å². The second-order valence-electron chi connectivity index (χ2n) is 6.82. The normalized spacial score (nSPS) is 19.6. The highest BCUT2D eigenvalue weighted by molar-refractivity contribution is 5.79. The van der Waals surface area contributed by atoms with Gasteiger partial charge in [0.1, 0.15) is 0 Å². The zero-order valence-corrected chi connectivity index (χ0v) is 14.3. The van der Waals surface area contributed by atoms with Crippen molar-refractivity contribution in [1.82, 2.24) is 10.2 Å². The summed E-state index contributed by atoms with van der Waals surface area (Å²) in [5, 5.41) is 3.15. The molecule has 5 heteroatoms. The molecular weight excluding hydrogens is 304 g/mol. The number of amides is 2. The van der Waals surface area contributed by atoms with E-state index >= 15 is 0 Å². The highest BCUT2D eigenvalue weighted by Gasteiger charge is 2.44. The van der Waals surface area contributed by atoms with Crippen molar-refractivity contribution in [2.24, 2.45) is 5.92 Å². The van der Waals surface area contributed by atoms with Crippen molar-refractivity contribution in [2.45, 2.75) is 38.0 Å². The van der Waals surface area contributed by atoms with E-state index in [0.29, 0.717) is 39.1 Å². The second-order valence-corrected chi connectivity index (χ2v) is 6.82. The molecule has 0 atom stereocenters. The third-order valence-electron chi connectivity index (χ3n) is 5.23. The summed E-state index contributed by atoms with van der Waals surface area (Å²) < 4.78 is 5.01. The van der Waals surface area contributed by atoms with E-state index in [1.54, 1.807) is 11.8 Å². The molecule has 0 radical (unpaired) electrons. The molecule has 1 saturated heterocycles. The third-order valence-corrected chi connectivity index (χ3v) is 5.23. The molecule has 0 bridgehead atoms. The SMILES string of the molecule is CCOC(=O)N1CCC(C(=O)NCC2(c3ccccc3)CC2)CC1. The van der Waals surface area contributed by atoms with Gasteiger partial charge >= 0.3 is 6.09 Å². The largest absolute Gasteiger partial charge is 0.450 e. The minimum atomic E-state index is -0.266. The Morgan fingerprint density at radius 2 is 1.88 bits per heavy atom. The Morgan fingerprint density at radius 1 is 1.21 bits per heavy atom. The number of rotatable bonds is 5. The van der Waals surface area contributed by atoms with Crippen LogP contribution in [0.5, 0.6) is 0 Å². The molecule has 0 spiro atoms. The summed E-state index contributed by atoms with van der Waals surface area (Å²) in [4.78, 5) is 25.9. The van der Waals surface area contributed by atoms with E-state index in [1.165, 1.54) is 5.56 Å². The van der Waals surface area contributed by atoms with E-state index in [1.807, 2.05) is 6.07 Å². The molecule has 1 aliphatic carbocycles. The van der Waals surface area contributed by atoms with Gasteiger partial charge in [-0.1, -0.05) is 30.3 Å². The van der Waals surface area contributed by atoms with E-state index in [0.717, 1.165) is 12.8 Å². The molecule has 1 heterocycles. The molecule has 5 nitrogen and oxygen atoms in total. The minimum Gasteiger partial charge on any atom is -0.450 e. The molecule has 2 fully saturated rings. The number of piperidine rings is 1. The Bertz CT molecular complexity index is 576. The van der Waals surface area contributed by atoms with Crippen molar-refractivity contribution in [1.29, 1.82) is 0 Å². The molecule has 2 aliphatic rings. The van der Waals surface area contributed by atoms with Gasteiger partial charge in [-0.3, -0.25) is 4.79 Å². The van der Waals surface area contributed by atoms with Crippen LogP contribution in [0.4, 0.5) is 4.79 Å². The van der Waals surface area contributed by atoms with Crippen molar-refractivity contribution >= 4 is 12.0 Å². The maximum atomic E-state index is 12.5. The van der Waals surface area contributed by atoms with Crippen molar-refractivity contribution in [3.05, 3.63) is 35.9 Å². The Hall–Kier alpha value is -2.04. The summed E-state index contributed by atoms with van der Waals surface area (Å²) in [6.45, 7) is 4.11. The number of likely N-dealkylation sites (tertiary alicyclic amines) is 1. The molecular formula is C19H26N2O3. The van der Waals surface area contributed by atoms with E-state index < -0.39 is 0 Å². The smallest absolute Gasteiger partial charge is 0.409 e. The summed E-state index contributed by atoms with van der Waals surface area (Å²) >= 11 is 0. The van der Waals surface area contributed by atoms with Crippen molar-refractivity contribution < 1.29 is 14.3 Å². The zero-order chi connectivity index (χ0) is 17.0. The number of hydrogen-bond donors (Lipinski definition) is 1. The maximum absolute atomic E-state index is 12.5. The predicted octanol–water partition coefficient (Wildman–Crippen LogP) is 2.70. The second kappa shape index (κ2) is 7.24. The van der Waals surface area contributed by atoms with Crippen LogP contribution in [0.2, 0.25) is 0 Å². The summed E-state index contributed by atoms with van der Waals surface area (Å²) in [6, 6.07) is 10.4. The summed E-state index contributed by atoms with van der Waals surface area (Å²) in [7, 11) is 0. The van der Waals surface area contributed by atoms with Crippen LogP contribution in [0.15, 0.2) is 30.3 Å². The highest BCUT2D eigenvalue weighted by atomic mass is 16.6. The van der Waals surface area contributed by atoms with Crippen LogP contribution in [-0.2, 0) is 14.9 Å². The van der Waals surface area contributed by atoms with Crippen LogP contribution in [0.3, 0.4) is 0 Å². The van der Waals surface area contributed by atoms with Gasteiger partial charge in [-0.2, -0.15) is 0 Å². The number of nitrogens with zero attached hydrogens (tertiary/aromatic N) is 1. The van der Waals surface area contributed by atoms with Crippen molar-refractivity contribution in [3.63, 3.8) is 0 Å². The Balaban J connectivity index is 1.46. The Labute approximate surface area is 143 Å². The van der Waals surface area contributed by atoms with E-state index in [-0.39, 0.29) is 23.3 Å². The van der Waals surface area contributed by atoms with Crippen LogP contribution in [0.25, 0.3) is 0 Å². The first-order valence-electron chi connectivity index (χ1n) is 8.89. The van der Waals surface area contributed by atoms with Gasteiger partial charge in [-0.15, -0.1) is 0 Å². The number of benzene rings is 1. The summed E-state index contributed by atoms with van der Waals surface area (Å²) in [6.07, 6.45) is 3.43. The molecule has 1 aromatic carbocycles. The van der Waals surface area contributed by atoms with Gasteiger partial charge in [-0.25, -0.2) is 4.79 Å². The van der Waals surface area contributed by atoms with Gasteiger partial charge < -0.3 is 15.0 Å². The lowest BCUT2D eigenvalue weighted by Crippen LogP contribution is -2.44. The van der Waals surface area contributed by atoms with E-state index in [9.17, 15) is 9.59 Å². The number of nitrogens with one attached hydrogen (secondary N) is 1. The minimum absolute atomic E-state index is 0.00208. The van der Waals surface area contributed by atoms with Gasteiger partial charge in [0.25, 0.3) is 0 Å². The maximum Gasteiger partial charge on any atom is 0.409 e. The molecule has 1 N–H and O–H groups in total. The number of carbonyl (C=O) groups is 2. The molecule has 0 aromatic heterocycles. The first-order chi connectivity index (χ1) is 11.6. The third kappa shape index (κ3) is 3.71. The highest BCUT2D eigenvalue weighted by Crippen LogP contribution is 2.47. The lowest BCUT2D eigenvalue weighted by atomic mass is 9.93. The summed E-state index contributed by atoms with van der Waals surface area (Å²) in [5.74, 6) is 0.128. The lowest BCUT2D eigenvalue weighted by molar-refractivity contribution is -0.126. The fourth-order valence-corrected chi connectivity index (χ4v) is 3.45. The fraction of sp³-hybridized carbons (Fsp3) is 0.579. The van der Waals surface area contributed by atoms with Crippen LogP contribution in [0, 0.1) is 5.92 Å². The van der Waals surface area contributed by atoms with Gasteiger partial charge in [-0.05, 0) is 38.2 Å². The van der Waals surface area contributed by atoms with Crippen LogP contribution < -0.4 is 5.32 Å². The van der Waals surface area contributed by atoms with Crippen LogP contribution in [0.1, 0.15) is 38.2 Å². The van der Waals surface area contributed by atoms with E-state index in [4.69, 9.17) is 4.74 Å². The average Bonchev–Trinajstić information content (AvgIpc) is 3.42. The molecule has 130 valence electrons. The monoisotopic (exact) mass is 330 g/mol. The van der Waals surface area contributed by atoms with Crippen molar-refractivity contribution in [3.8, 4) is 0 Å². The first kappa shape index (κ1) is 16.8.